The highest BCUT2D eigenvalue weighted by Gasteiger charge is 2.31. The molecule has 1 saturated heterocycles. The highest BCUT2D eigenvalue weighted by atomic mass is 16.5. The minimum absolute atomic E-state index is 0.0633. The number of rotatable bonds is 4. The molecule has 0 aromatic carbocycles. The largest absolute Gasteiger partial charge is 0.463 e. The van der Waals surface area contributed by atoms with Gasteiger partial charge in [-0.3, -0.25) is 0 Å². The third kappa shape index (κ3) is 2.57. The van der Waals surface area contributed by atoms with Gasteiger partial charge >= 0.3 is 5.97 Å². The second-order valence-electron chi connectivity index (χ2n) is 4.60. The fourth-order valence-electron chi connectivity index (χ4n) is 2.42. The van der Waals surface area contributed by atoms with Crippen LogP contribution in [0.4, 0.5) is 0 Å². The quantitative estimate of drug-likeness (QED) is 0.828. The number of carbonyl (C=O) groups excluding carboxylic acids is 1. The van der Waals surface area contributed by atoms with E-state index in [-0.39, 0.29) is 17.9 Å². The topological polar surface area (TPSA) is 60.7 Å². The van der Waals surface area contributed by atoms with E-state index in [2.05, 4.69) is 17.0 Å². The van der Waals surface area contributed by atoms with Crippen molar-refractivity contribution in [2.45, 2.75) is 25.5 Å². The van der Waals surface area contributed by atoms with E-state index in [0.29, 0.717) is 12.5 Å². The van der Waals surface area contributed by atoms with Gasteiger partial charge in [-0.1, -0.05) is 0 Å². The molecule has 1 aromatic rings. The summed E-state index contributed by atoms with van der Waals surface area (Å²) in [6, 6.07) is 3.52. The smallest absolute Gasteiger partial charge is 0.373 e. The SMILES string of the molecule is CNC(c1ccc(C(=O)OC)o1)C1COC(C)C1. The van der Waals surface area contributed by atoms with E-state index in [9.17, 15) is 4.79 Å². The van der Waals surface area contributed by atoms with Crippen molar-refractivity contribution in [1.82, 2.24) is 5.32 Å². The Kier molecular flexibility index (Phi) is 4.04. The van der Waals surface area contributed by atoms with Gasteiger partial charge in [0.25, 0.3) is 0 Å². The van der Waals surface area contributed by atoms with E-state index < -0.39 is 5.97 Å². The van der Waals surface area contributed by atoms with Crippen LogP contribution in [0.25, 0.3) is 0 Å². The van der Waals surface area contributed by atoms with Crippen LogP contribution in [-0.4, -0.2) is 32.8 Å². The number of hydrogen-bond acceptors (Lipinski definition) is 5. The van der Waals surface area contributed by atoms with Crippen LogP contribution in [0.2, 0.25) is 0 Å². The van der Waals surface area contributed by atoms with Crippen LogP contribution >= 0.6 is 0 Å². The molecule has 3 atom stereocenters. The van der Waals surface area contributed by atoms with Crippen molar-refractivity contribution in [1.29, 1.82) is 0 Å². The number of methoxy groups -OCH3 is 1. The number of hydrogen-bond donors (Lipinski definition) is 1. The normalized spacial score (nSPS) is 25.1. The zero-order valence-corrected chi connectivity index (χ0v) is 10.9. The maximum atomic E-state index is 11.3. The summed E-state index contributed by atoms with van der Waals surface area (Å²) < 4.78 is 15.7. The van der Waals surface area contributed by atoms with Crippen LogP contribution in [-0.2, 0) is 9.47 Å². The van der Waals surface area contributed by atoms with Crippen LogP contribution in [0.1, 0.15) is 35.7 Å². The number of nitrogens with one attached hydrogen (secondary N) is 1. The molecule has 5 heteroatoms. The summed E-state index contributed by atoms with van der Waals surface area (Å²) >= 11 is 0. The van der Waals surface area contributed by atoms with Gasteiger partial charge in [0.05, 0.1) is 25.9 Å². The molecule has 0 radical (unpaired) electrons. The number of ether oxygens (including phenoxy) is 2. The molecule has 2 heterocycles. The van der Waals surface area contributed by atoms with Crippen molar-refractivity contribution in [3.63, 3.8) is 0 Å². The van der Waals surface area contributed by atoms with Gasteiger partial charge in [-0.05, 0) is 32.5 Å². The van der Waals surface area contributed by atoms with Crippen LogP contribution in [0.5, 0.6) is 0 Å². The Hall–Kier alpha value is -1.33. The molecular formula is C13H19NO4. The molecule has 3 unspecified atom stereocenters. The Balaban J connectivity index is 2.12. The summed E-state index contributed by atoms with van der Waals surface area (Å²) in [7, 11) is 3.22. The first-order chi connectivity index (χ1) is 8.65. The number of carbonyl (C=O) groups is 1. The average molecular weight is 253 g/mol. The van der Waals surface area contributed by atoms with Crippen molar-refractivity contribution in [2.24, 2.45) is 5.92 Å². The maximum absolute atomic E-state index is 11.3. The van der Waals surface area contributed by atoms with Gasteiger partial charge < -0.3 is 19.2 Å². The predicted octanol–water partition coefficient (Wildman–Crippen LogP) is 1.75. The monoisotopic (exact) mass is 253 g/mol. The third-order valence-corrected chi connectivity index (χ3v) is 3.33. The summed E-state index contributed by atoms with van der Waals surface area (Å²) in [4.78, 5) is 11.3. The van der Waals surface area contributed by atoms with Gasteiger partial charge in [-0.25, -0.2) is 4.79 Å². The van der Waals surface area contributed by atoms with Crippen molar-refractivity contribution in [2.75, 3.05) is 20.8 Å². The maximum Gasteiger partial charge on any atom is 0.373 e. The lowest BCUT2D eigenvalue weighted by molar-refractivity contribution is 0.0561. The molecular weight excluding hydrogens is 234 g/mol. The Morgan fingerprint density at radius 1 is 1.56 bits per heavy atom. The Bertz CT molecular complexity index is 415. The summed E-state index contributed by atoms with van der Waals surface area (Å²) in [5.74, 6) is 0.897. The highest BCUT2D eigenvalue weighted by Crippen LogP contribution is 2.32. The fourth-order valence-corrected chi connectivity index (χ4v) is 2.42. The molecule has 1 aliphatic rings. The molecule has 1 fully saturated rings. The molecule has 100 valence electrons. The molecule has 0 amide bonds. The zero-order chi connectivity index (χ0) is 13.1. The minimum Gasteiger partial charge on any atom is -0.463 e. The van der Waals surface area contributed by atoms with Gasteiger partial charge in [0.1, 0.15) is 5.76 Å². The van der Waals surface area contributed by atoms with Crippen LogP contribution < -0.4 is 5.32 Å². The Morgan fingerprint density at radius 3 is 2.89 bits per heavy atom. The average Bonchev–Trinajstić information content (AvgIpc) is 2.99. The predicted molar refractivity (Wildman–Crippen MR) is 65.4 cm³/mol. The van der Waals surface area contributed by atoms with Crippen molar-refractivity contribution < 1.29 is 18.7 Å². The molecule has 0 aliphatic carbocycles. The first kappa shape index (κ1) is 13.1. The second kappa shape index (κ2) is 5.54. The summed E-state index contributed by atoms with van der Waals surface area (Å²) in [6.07, 6.45) is 1.26. The van der Waals surface area contributed by atoms with Crippen LogP contribution in [0.3, 0.4) is 0 Å². The summed E-state index contributed by atoms with van der Waals surface area (Å²) in [5, 5.41) is 3.23. The summed E-state index contributed by atoms with van der Waals surface area (Å²) in [6.45, 7) is 2.77. The summed E-state index contributed by atoms with van der Waals surface area (Å²) in [5.41, 5.74) is 0. The van der Waals surface area contributed by atoms with Gasteiger partial charge in [-0.2, -0.15) is 0 Å². The number of furan rings is 1. The van der Waals surface area contributed by atoms with Gasteiger partial charge in [0, 0.05) is 5.92 Å². The zero-order valence-electron chi connectivity index (χ0n) is 10.9. The Morgan fingerprint density at radius 2 is 2.33 bits per heavy atom. The second-order valence-corrected chi connectivity index (χ2v) is 4.60. The lowest BCUT2D eigenvalue weighted by Gasteiger charge is -2.19. The van der Waals surface area contributed by atoms with Gasteiger partial charge in [-0.15, -0.1) is 0 Å². The first-order valence-corrected chi connectivity index (χ1v) is 6.12. The standard InChI is InChI=1S/C13H19NO4/c1-8-6-9(7-17-8)12(14-2)10-4-5-11(18-10)13(15)16-3/h4-5,8-9,12,14H,6-7H2,1-3H3. The van der Waals surface area contributed by atoms with Gasteiger partial charge in [0.2, 0.25) is 5.76 Å². The molecule has 18 heavy (non-hydrogen) atoms. The lowest BCUT2D eigenvalue weighted by Crippen LogP contribution is -2.25. The molecule has 1 N–H and O–H groups in total. The van der Waals surface area contributed by atoms with E-state index >= 15 is 0 Å². The fraction of sp³-hybridized carbons (Fsp3) is 0.615. The molecule has 0 saturated carbocycles. The van der Waals surface area contributed by atoms with Crippen LogP contribution in [0.15, 0.2) is 16.5 Å². The first-order valence-electron chi connectivity index (χ1n) is 6.12. The third-order valence-electron chi connectivity index (χ3n) is 3.33. The number of esters is 1. The molecule has 0 spiro atoms. The van der Waals surface area contributed by atoms with E-state index in [1.165, 1.54) is 7.11 Å². The highest BCUT2D eigenvalue weighted by molar-refractivity contribution is 5.86. The Labute approximate surface area is 106 Å². The molecule has 1 aromatic heterocycles. The van der Waals surface area contributed by atoms with E-state index in [4.69, 9.17) is 9.15 Å². The minimum atomic E-state index is -0.452. The molecule has 2 rings (SSSR count). The van der Waals surface area contributed by atoms with Crippen molar-refractivity contribution in [3.8, 4) is 0 Å². The van der Waals surface area contributed by atoms with Crippen LogP contribution in [0, 0.1) is 5.92 Å². The van der Waals surface area contributed by atoms with E-state index in [1.807, 2.05) is 13.1 Å². The van der Waals surface area contributed by atoms with E-state index in [0.717, 1.165) is 12.2 Å². The van der Waals surface area contributed by atoms with Crippen molar-refractivity contribution in [3.05, 3.63) is 23.7 Å². The van der Waals surface area contributed by atoms with E-state index in [1.54, 1.807) is 6.07 Å². The lowest BCUT2D eigenvalue weighted by atomic mass is 9.95. The molecule has 5 nitrogen and oxygen atoms in total. The van der Waals surface area contributed by atoms with Gasteiger partial charge in [0.15, 0.2) is 0 Å². The molecule has 1 aliphatic heterocycles. The molecule has 0 bridgehead atoms. The van der Waals surface area contributed by atoms with Crippen molar-refractivity contribution >= 4 is 5.97 Å².